The van der Waals surface area contributed by atoms with Gasteiger partial charge < -0.3 is 5.11 Å². The second kappa shape index (κ2) is 11.0. The molecular weight excluding hydrogens is 468 g/mol. The van der Waals surface area contributed by atoms with Crippen molar-refractivity contribution in [3.05, 3.63) is 89.5 Å². The van der Waals surface area contributed by atoms with Crippen molar-refractivity contribution in [2.45, 2.75) is 19.3 Å². The molecule has 0 aromatic heterocycles. The first-order valence-electron chi connectivity index (χ1n) is 8.82. The minimum absolute atomic E-state index is 0.291. The average Bonchev–Trinajstić information content (AvgIpc) is 2.71. The van der Waals surface area contributed by atoms with Gasteiger partial charge in [-0.1, -0.05) is 74.5 Å². The molecule has 0 aliphatic heterocycles. The Morgan fingerprint density at radius 2 is 1.43 bits per heavy atom. The van der Waals surface area contributed by atoms with E-state index in [1.807, 2.05) is 42.5 Å². The van der Waals surface area contributed by atoms with Gasteiger partial charge in [-0.15, -0.1) is 0 Å². The van der Waals surface area contributed by atoms with E-state index in [1.165, 1.54) is 0 Å². The van der Waals surface area contributed by atoms with Crippen molar-refractivity contribution in [3.8, 4) is 16.9 Å². The van der Waals surface area contributed by atoms with Crippen LogP contribution in [0.2, 0.25) is 0 Å². The van der Waals surface area contributed by atoms with Crippen LogP contribution in [0.3, 0.4) is 0 Å². The zero-order chi connectivity index (χ0) is 20.6. The number of hydrogen-bond donors (Lipinski definition) is 1. The Balaban J connectivity index is 0.000000878. The molecule has 0 saturated heterocycles. The molecule has 5 heteroatoms. The first-order chi connectivity index (χ1) is 13.5. The molecule has 0 amide bonds. The molecule has 0 unspecified atom stereocenters. The Morgan fingerprint density at radius 3 is 1.96 bits per heavy atom. The van der Waals surface area contributed by atoms with E-state index >= 15 is 0 Å². The first-order valence-corrected chi connectivity index (χ1v) is 15.2. The van der Waals surface area contributed by atoms with E-state index in [1.54, 1.807) is 13.3 Å². The molecule has 3 rings (SSSR count). The number of aromatic hydroxyl groups is 1. The molecule has 0 atom stereocenters. The van der Waals surface area contributed by atoms with Gasteiger partial charge >= 0.3 is 37.9 Å². The molecule has 1 N–H and O–H groups in total. The van der Waals surface area contributed by atoms with Crippen LogP contribution in [-0.2, 0) is 26.3 Å². The van der Waals surface area contributed by atoms with Crippen molar-refractivity contribution in [1.82, 2.24) is 0 Å². The monoisotopic (exact) mass is 489 g/mol. The molecule has 3 aromatic carbocycles. The summed E-state index contributed by atoms with van der Waals surface area (Å²) in [5.74, 6) is 0.291. The number of nitrogens with zero attached hydrogens (tertiary/aromatic N) is 1. The van der Waals surface area contributed by atoms with Crippen LogP contribution in [0.5, 0.6) is 5.75 Å². The number of phenols is 1. The predicted molar refractivity (Wildman–Crippen MR) is 117 cm³/mol. The number of benzene rings is 3. The maximum absolute atomic E-state index is 10.9. The Labute approximate surface area is 185 Å². The Hall–Kier alpha value is -1.41. The molecule has 144 valence electrons. The summed E-state index contributed by atoms with van der Waals surface area (Å²) in [6.45, 7) is 4.28. The summed E-state index contributed by atoms with van der Waals surface area (Å²) in [5.41, 5.74) is 4.67. The quantitative estimate of drug-likeness (QED) is 0.400. The summed E-state index contributed by atoms with van der Waals surface area (Å²) < 4.78 is 0. The molecule has 3 aromatic rings. The van der Waals surface area contributed by atoms with E-state index in [-0.39, 0.29) is 5.41 Å². The van der Waals surface area contributed by atoms with Gasteiger partial charge in [-0.25, -0.2) is 0 Å². The third kappa shape index (κ3) is 5.57. The number of rotatable bonds is 4. The van der Waals surface area contributed by atoms with Gasteiger partial charge in [0.1, 0.15) is 5.75 Å². The van der Waals surface area contributed by atoms with Crippen molar-refractivity contribution in [2.75, 3.05) is 7.05 Å². The molecule has 0 bridgehead atoms. The van der Waals surface area contributed by atoms with E-state index in [9.17, 15) is 5.11 Å². The van der Waals surface area contributed by atoms with Crippen LogP contribution in [-0.4, -0.2) is 18.4 Å². The molecule has 0 saturated carbocycles. The summed E-state index contributed by atoms with van der Waals surface area (Å²) in [6, 6.07) is 24.6. The number of halogens is 2. The van der Waals surface area contributed by atoms with Crippen molar-refractivity contribution >= 4 is 23.2 Å². The fourth-order valence-corrected chi connectivity index (χ4v) is 3.18. The van der Waals surface area contributed by atoms with E-state index in [2.05, 4.69) is 49.2 Å². The molecule has 0 aliphatic carbocycles. The summed E-state index contributed by atoms with van der Waals surface area (Å²) in [6.07, 6.45) is 1.71. The van der Waals surface area contributed by atoms with E-state index in [4.69, 9.17) is 17.0 Å². The Bertz CT molecular complexity index is 913. The third-order valence-corrected chi connectivity index (χ3v) is 4.68. The summed E-state index contributed by atoms with van der Waals surface area (Å²) >= 11 is -0.826. The van der Waals surface area contributed by atoms with Crippen LogP contribution in [0.1, 0.15) is 30.5 Å². The van der Waals surface area contributed by atoms with Gasteiger partial charge in [0.2, 0.25) is 0 Å². The fraction of sp³-hybridized carbons (Fsp3) is 0.174. The SMILES string of the molecule is CN=Cc1cc(-c2ccccc2)cc(C(C)(C)c2ccccc2)c1O.[Cl][Zr][Cl]. The summed E-state index contributed by atoms with van der Waals surface area (Å²) in [5, 5.41) is 10.9. The van der Waals surface area contributed by atoms with Gasteiger partial charge in [-0.2, -0.15) is 0 Å². The molecule has 0 aliphatic rings. The zero-order valence-electron chi connectivity index (χ0n) is 16.2. The first kappa shape index (κ1) is 22.9. The topological polar surface area (TPSA) is 32.6 Å². The normalized spacial score (nSPS) is 11.0. The van der Waals surface area contributed by atoms with Gasteiger partial charge in [0.25, 0.3) is 0 Å². The van der Waals surface area contributed by atoms with Gasteiger partial charge in [-0.3, -0.25) is 4.99 Å². The molecule has 0 heterocycles. The number of phenolic OH excluding ortho intramolecular Hbond substituents is 1. The van der Waals surface area contributed by atoms with Crippen LogP contribution in [0.25, 0.3) is 11.1 Å². The molecule has 0 fully saturated rings. The van der Waals surface area contributed by atoms with Gasteiger partial charge in [0.05, 0.1) is 0 Å². The molecule has 0 radical (unpaired) electrons. The van der Waals surface area contributed by atoms with E-state index < -0.39 is 20.8 Å². The number of aliphatic imine (C=N–C) groups is 1. The predicted octanol–water partition coefficient (Wildman–Crippen LogP) is 6.81. The van der Waals surface area contributed by atoms with Crippen LogP contribution < -0.4 is 0 Å². The van der Waals surface area contributed by atoms with Crippen molar-refractivity contribution in [1.29, 1.82) is 0 Å². The summed E-state index contributed by atoms with van der Waals surface area (Å²) in [4.78, 5) is 4.11. The molecule has 2 nitrogen and oxygen atoms in total. The summed E-state index contributed by atoms with van der Waals surface area (Å²) in [7, 11) is 11.6. The van der Waals surface area contributed by atoms with E-state index in [0.717, 1.165) is 27.8 Å². The maximum atomic E-state index is 10.9. The Kier molecular flexibility index (Phi) is 8.95. The van der Waals surface area contributed by atoms with E-state index in [0.29, 0.717) is 5.75 Å². The zero-order valence-corrected chi connectivity index (χ0v) is 20.1. The van der Waals surface area contributed by atoms with Gasteiger partial charge in [-0.05, 0) is 28.8 Å². The fourth-order valence-electron chi connectivity index (χ4n) is 3.18. The van der Waals surface area contributed by atoms with Crippen molar-refractivity contribution in [2.24, 2.45) is 4.99 Å². The van der Waals surface area contributed by atoms with Crippen molar-refractivity contribution < 1.29 is 26.0 Å². The second-order valence-corrected chi connectivity index (χ2v) is 10.5. The minimum atomic E-state index is -0.826. The third-order valence-electron chi connectivity index (χ3n) is 4.68. The second-order valence-electron chi connectivity index (χ2n) is 6.78. The Morgan fingerprint density at radius 1 is 0.893 bits per heavy atom. The average molecular weight is 492 g/mol. The van der Waals surface area contributed by atoms with Crippen LogP contribution in [0.15, 0.2) is 77.8 Å². The molecule has 0 spiro atoms. The number of hydrogen-bond acceptors (Lipinski definition) is 2. The van der Waals surface area contributed by atoms with Crippen LogP contribution in [0, 0.1) is 0 Å². The van der Waals surface area contributed by atoms with Gasteiger partial charge in [0, 0.05) is 29.8 Å². The molecular formula is C23H23Cl2NOZr. The molecule has 28 heavy (non-hydrogen) atoms. The van der Waals surface area contributed by atoms with Crippen LogP contribution in [0.4, 0.5) is 0 Å². The van der Waals surface area contributed by atoms with Gasteiger partial charge in [0.15, 0.2) is 0 Å². The van der Waals surface area contributed by atoms with Crippen LogP contribution >= 0.6 is 17.0 Å². The standard InChI is InChI=1S/C23H23NO.2ClH.Zr/c1-23(2,20-12-8-5-9-13-20)21-15-18(17-10-6-4-7-11-17)14-19(16-24-3)22(21)25;;;/h4-16,25H,1-3H3;2*1H;/q;;;+2/p-2. The van der Waals surface area contributed by atoms with Crippen molar-refractivity contribution in [3.63, 3.8) is 0 Å².